The average Bonchev–Trinajstić information content (AvgIpc) is 2.67. The first-order valence-electron chi connectivity index (χ1n) is 3.78. The largest absolute Gasteiger partial charge is 0.327 e. The topological polar surface area (TPSA) is 26.0 Å². The Hall–Kier alpha value is -0.240. The molecule has 1 aliphatic carbocycles. The van der Waals surface area contributed by atoms with Crippen molar-refractivity contribution in [3.05, 3.63) is 34.9 Å². The van der Waals surface area contributed by atoms with E-state index < -0.39 is 0 Å². The van der Waals surface area contributed by atoms with Crippen LogP contribution in [0.25, 0.3) is 0 Å². The van der Waals surface area contributed by atoms with Crippen LogP contribution in [-0.4, -0.2) is 6.04 Å². The van der Waals surface area contributed by atoms with E-state index in [1.54, 1.807) is 0 Å². The van der Waals surface area contributed by atoms with Gasteiger partial charge in [0, 0.05) is 17.0 Å². The van der Waals surface area contributed by atoms with Gasteiger partial charge >= 0.3 is 0 Å². The quantitative estimate of drug-likeness (QED) is 0.747. The third-order valence-electron chi connectivity index (χ3n) is 2.12. The maximum absolute atomic E-state index is 5.82. The lowest BCUT2D eigenvalue weighted by Crippen LogP contribution is -2.00. The van der Waals surface area contributed by atoms with Gasteiger partial charge in [0.2, 0.25) is 0 Å². The van der Waals surface area contributed by atoms with Crippen molar-refractivity contribution in [3.63, 3.8) is 0 Å². The molecule has 1 aromatic carbocycles. The minimum atomic E-state index is 0. The molecule has 0 amide bonds. The maximum atomic E-state index is 5.82. The Bertz CT molecular complexity index is 275. The number of rotatable bonds is 1. The van der Waals surface area contributed by atoms with Crippen LogP contribution in [0.2, 0.25) is 5.02 Å². The standard InChI is InChI=1S/C9H10ClN.ClH/c10-7-3-1-2-6(4-7)8-5-9(8)11;/h1-4,8-9H,5,11H2;1H/t8-,9-;/m1./s1. The van der Waals surface area contributed by atoms with Crippen LogP contribution in [0.3, 0.4) is 0 Å². The van der Waals surface area contributed by atoms with Crippen LogP contribution in [0.4, 0.5) is 0 Å². The normalized spacial score (nSPS) is 26.2. The van der Waals surface area contributed by atoms with Crippen LogP contribution in [0, 0.1) is 0 Å². The lowest BCUT2D eigenvalue weighted by molar-refractivity contribution is 0.991. The lowest BCUT2D eigenvalue weighted by atomic mass is 10.1. The molecule has 2 N–H and O–H groups in total. The highest BCUT2D eigenvalue weighted by atomic mass is 35.5. The summed E-state index contributed by atoms with van der Waals surface area (Å²) in [6.45, 7) is 0. The van der Waals surface area contributed by atoms with E-state index in [4.69, 9.17) is 17.3 Å². The van der Waals surface area contributed by atoms with Crippen LogP contribution >= 0.6 is 24.0 Å². The summed E-state index contributed by atoms with van der Waals surface area (Å²) in [5, 5.41) is 0.807. The molecule has 0 saturated heterocycles. The number of benzene rings is 1. The van der Waals surface area contributed by atoms with Gasteiger partial charge in [0.1, 0.15) is 0 Å². The zero-order chi connectivity index (χ0) is 7.84. The molecule has 3 heteroatoms. The van der Waals surface area contributed by atoms with Gasteiger partial charge in [0.15, 0.2) is 0 Å². The van der Waals surface area contributed by atoms with E-state index in [-0.39, 0.29) is 12.4 Å². The second-order valence-corrected chi connectivity index (χ2v) is 3.50. The Balaban J connectivity index is 0.000000720. The van der Waals surface area contributed by atoms with Crippen LogP contribution in [0.15, 0.2) is 24.3 Å². The minimum absolute atomic E-state index is 0. The fraction of sp³-hybridized carbons (Fsp3) is 0.333. The first kappa shape index (κ1) is 9.85. The summed E-state index contributed by atoms with van der Waals surface area (Å²) in [7, 11) is 0. The SMILES string of the molecule is Cl.N[C@@H]1C[C@@H]1c1cccc(Cl)c1. The van der Waals surface area contributed by atoms with Gasteiger partial charge in [-0.3, -0.25) is 0 Å². The first-order chi connectivity index (χ1) is 5.27. The van der Waals surface area contributed by atoms with Gasteiger partial charge in [0.05, 0.1) is 0 Å². The second kappa shape index (κ2) is 3.65. The Morgan fingerprint density at radius 2 is 2.08 bits per heavy atom. The van der Waals surface area contributed by atoms with Crippen molar-refractivity contribution in [2.75, 3.05) is 0 Å². The van der Waals surface area contributed by atoms with Gasteiger partial charge in [0.25, 0.3) is 0 Å². The van der Waals surface area contributed by atoms with Crippen molar-refractivity contribution in [2.45, 2.75) is 18.4 Å². The highest BCUT2D eigenvalue weighted by Crippen LogP contribution is 2.39. The molecule has 12 heavy (non-hydrogen) atoms. The van der Waals surface area contributed by atoms with Crippen LogP contribution in [0.1, 0.15) is 17.9 Å². The van der Waals surface area contributed by atoms with Crippen LogP contribution in [-0.2, 0) is 0 Å². The summed E-state index contributed by atoms with van der Waals surface area (Å²) in [5.74, 6) is 0.564. The van der Waals surface area contributed by atoms with E-state index in [2.05, 4.69) is 6.07 Å². The number of nitrogens with two attached hydrogens (primary N) is 1. The third kappa shape index (κ3) is 1.92. The number of hydrogen-bond donors (Lipinski definition) is 1. The van der Waals surface area contributed by atoms with Gasteiger partial charge < -0.3 is 5.73 Å². The molecule has 0 spiro atoms. The Kier molecular flexibility index (Phi) is 2.99. The van der Waals surface area contributed by atoms with E-state index in [1.807, 2.05) is 18.2 Å². The lowest BCUT2D eigenvalue weighted by Gasteiger charge is -1.97. The first-order valence-corrected chi connectivity index (χ1v) is 4.16. The van der Waals surface area contributed by atoms with Gasteiger partial charge in [-0.25, -0.2) is 0 Å². The Morgan fingerprint density at radius 3 is 2.58 bits per heavy atom. The average molecular weight is 204 g/mol. The summed E-state index contributed by atoms with van der Waals surface area (Å²) in [5.41, 5.74) is 6.99. The summed E-state index contributed by atoms with van der Waals surface area (Å²) >= 11 is 5.82. The number of halogens is 2. The van der Waals surface area contributed by atoms with Crippen molar-refractivity contribution in [3.8, 4) is 0 Å². The van der Waals surface area contributed by atoms with Crippen LogP contribution < -0.4 is 5.73 Å². The van der Waals surface area contributed by atoms with Crippen molar-refractivity contribution >= 4 is 24.0 Å². The molecule has 0 heterocycles. The molecule has 2 atom stereocenters. The van der Waals surface area contributed by atoms with E-state index in [9.17, 15) is 0 Å². The summed E-state index contributed by atoms with van der Waals surface area (Å²) in [6, 6.07) is 8.32. The molecule has 66 valence electrons. The van der Waals surface area contributed by atoms with E-state index in [0.29, 0.717) is 12.0 Å². The van der Waals surface area contributed by atoms with Gasteiger partial charge in [-0.2, -0.15) is 0 Å². The smallest absolute Gasteiger partial charge is 0.0408 e. The summed E-state index contributed by atoms with van der Waals surface area (Å²) in [6.07, 6.45) is 1.11. The zero-order valence-corrected chi connectivity index (χ0v) is 8.11. The molecule has 1 nitrogen and oxygen atoms in total. The minimum Gasteiger partial charge on any atom is -0.327 e. The monoisotopic (exact) mass is 203 g/mol. The van der Waals surface area contributed by atoms with E-state index in [0.717, 1.165) is 11.4 Å². The third-order valence-corrected chi connectivity index (χ3v) is 2.35. The predicted molar refractivity (Wildman–Crippen MR) is 54.0 cm³/mol. The summed E-state index contributed by atoms with van der Waals surface area (Å²) < 4.78 is 0. The second-order valence-electron chi connectivity index (χ2n) is 3.06. The number of hydrogen-bond acceptors (Lipinski definition) is 1. The molecule has 1 saturated carbocycles. The Morgan fingerprint density at radius 1 is 1.42 bits per heavy atom. The molecule has 1 aromatic rings. The van der Waals surface area contributed by atoms with Gasteiger partial charge in [-0.1, -0.05) is 23.7 Å². The van der Waals surface area contributed by atoms with E-state index >= 15 is 0 Å². The molecule has 1 fully saturated rings. The van der Waals surface area contributed by atoms with Crippen molar-refractivity contribution in [1.82, 2.24) is 0 Å². The van der Waals surface area contributed by atoms with E-state index in [1.165, 1.54) is 5.56 Å². The van der Waals surface area contributed by atoms with Crippen molar-refractivity contribution in [2.24, 2.45) is 5.73 Å². The molecule has 0 unspecified atom stereocenters. The fourth-order valence-electron chi connectivity index (χ4n) is 1.34. The molecule has 2 rings (SSSR count). The molecule has 0 aliphatic heterocycles. The molecule has 0 aromatic heterocycles. The Labute approximate surface area is 83.3 Å². The highest BCUT2D eigenvalue weighted by Gasteiger charge is 2.34. The maximum Gasteiger partial charge on any atom is 0.0408 e. The fourth-order valence-corrected chi connectivity index (χ4v) is 1.53. The van der Waals surface area contributed by atoms with Crippen LogP contribution in [0.5, 0.6) is 0 Å². The molecular weight excluding hydrogens is 193 g/mol. The van der Waals surface area contributed by atoms with Crippen molar-refractivity contribution in [1.29, 1.82) is 0 Å². The van der Waals surface area contributed by atoms with Crippen molar-refractivity contribution < 1.29 is 0 Å². The molecular formula is C9H11Cl2N. The zero-order valence-electron chi connectivity index (χ0n) is 6.53. The van der Waals surface area contributed by atoms with Gasteiger partial charge in [-0.05, 0) is 24.1 Å². The summed E-state index contributed by atoms with van der Waals surface area (Å²) in [4.78, 5) is 0. The molecule has 0 radical (unpaired) electrons. The highest BCUT2D eigenvalue weighted by molar-refractivity contribution is 6.30. The molecule has 1 aliphatic rings. The molecule has 0 bridgehead atoms. The predicted octanol–water partition coefficient (Wildman–Crippen LogP) is 2.58. The van der Waals surface area contributed by atoms with Gasteiger partial charge in [-0.15, -0.1) is 12.4 Å².